The van der Waals surface area contributed by atoms with E-state index in [0.717, 1.165) is 36.1 Å². The molecule has 0 fully saturated rings. The summed E-state index contributed by atoms with van der Waals surface area (Å²) in [6.07, 6.45) is 3.16. The van der Waals surface area contributed by atoms with E-state index in [4.69, 9.17) is 0 Å². The van der Waals surface area contributed by atoms with Gasteiger partial charge in [0, 0.05) is 30.9 Å². The fourth-order valence-electron chi connectivity index (χ4n) is 3.23. The van der Waals surface area contributed by atoms with Crippen LogP contribution in [-0.2, 0) is 12.8 Å². The Labute approximate surface area is 139 Å². The van der Waals surface area contributed by atoms with Crippen molar-refractivity contribution in [2.75, 3.05) is 19.0 Å². The first-order valence-electron chi connectivity index (χ1n) is 7.92. The molecule has 0 aliphatic heterocycles. The molecule has 0 unspecified atom stereocenters. The SMILES string of the molecule is CN(C)c1ccc2c(c1)CCCCc1c-2[nH]c(=O)c(C(=O)O)c1O. The highest BCUT2D eigenvalue weighted by Gasteiger charge is 2.24. The average Bonchev–Trinajstić information content (AvgIpc) is 2.50. The lowest BCUT2D eigenvalue weighted by Gasteiger charge is -2.21. The molecule has 0 amide bonds. The standard InChI is InChI=1S/C18H20N2O4/c1-20(2)11-7-8-12-10(9-11)5-3-4-6-13-15(12)19-17(22)14(16(13)21)18(23)24/h7-9H,3-6H2,1-2H3,(H,23,24)(H2,19,21,22). The molecule has 6 heteroatoms. The number of aromatic amines is 1. The van der Waals surface area contributed by atoms with Gasteiger partial charge in [0.1, 0.15) is 5.75 Å². The highest BCUT2D eigenvalue weighted by molar-refractivity contribution is 5.92. The number of aryl methyl sites for hydroxylation is 1. The van der Waals surface area contributed by atoms with Gasteiger partial charge in [-0.1, -0.05) is 6.07 Å². The van der Waals surface area contributed by atoms with Gasteiger partial charge in [0.2, 0.25) is 0 Å². The van der Waals surface area contributed by atoms with Gasteiger partial charge >= 0.3 is 5.97 Å². The van der Waals surface area contributed by atoms with Crippen LogP contribution in [0.1, 0.15) is 34.3 Å². The maximum atomic E-state index is 12.1. The Morgan fingerprint density at radius 1 is 1.21 bits per heavy atom. The van der Waals surface area contributed by atoms with Crippen LogP contribution in [-0.4, -0.2) is 35.3 Å². The zero-order chi connectivity index (χ0) is 17.4. The number of hydrogen-bond donors (Lipinski definition) is 3. The van der Waals surface area contributed by atoms with Gasteiger partial charge in [0.05, 0.1) is 5.69 Å². The number of pyridine rings is 1. The lowest BCUT2D eigenvalue weighted by Crippen LogP contribution is -2.21. The number of carbonyl (C=O) groups is 1. The average molecular weight is 328 g/mol. The summed E-state index contributed by atoms with van der Waals surface area (Å²) in [5.41, 5.74) is 2.67. The summed E-state index contributed by atoms with van der Waals surface area (Å²) in [6.45, 7) is 0. The number of aromatic nitrogens is 1. The van der Waals surface area contributed by atoms with E-state index in [1.54, 1.807) is 0 Å². The topological polar surface area (TPSA) is 93.6 Å². The smallest absolute Gasteiger partial charge is 0.345 e. The van der Waals surface area contributed by atoms with Crippen molar-refractivity contribution >= 4 is 11.7 Å². The number of nitrogens with one attached hydrogen (secondary N) is 1. The third-order valence-corrected chi connectivity index (χ3v) is 4.50. The summed E-state index contributed by atoms with van der Waals surface area (Å²) in [5.74, 6) is -1.83. The summed E-state index contributed by atoms with van der Waals surface area (Å²) >= 11 is 0. The molecule has 1 aromatic heterocycles. The fraction of sp³-hybridized carbons (Fsp3) is 0.333. The molecule has 3 rings (SSSR count). The van der Waals surface area contributed by atoms with E-state index >= 15 is 0 Å². The molecule has 0 radical (unpaired) electrons. The Balaban J connectivity index is 2.28. The summed E-state index contributed by atoms with van der Waals surface area (Å²) < 4.78 is 0. The maximum absolute atomic E-state index is 12.1. The monoisotopic (exact) mass is 328 g/mol. The molecule has 6 nitrogen and oxygen atoms in total. The fourth-order valence-corrected chi connectivity index (χ4v) is 3.23. The normalized spacial score (nSPS) is 13.4. The van der Waals surface area contributed by atoms with E-state index in [1.807, 2.05) is 31.1 Å². The van der Waals surface area contributed by atoms with Crippen LogP contribution in [0.4, 0.5) is 5.69 Å². The van der Waals surface area contributed by atoms with Gasteiger partial charge in [-0.25, -0.2) is 4.79 Å². The number of aromatic hydroxyl groups is 1. The third kappa shape index (κ3) is 2.64. The summed E-state index contributed by atoms with van der Waals surface area (Å²) in [5, 5.41) is 19.5. The summed E-state index contributed by atoms with van der Waals surface area (Å²) in [4.78, 5) is 28.1. The van der Waals surface area contributed by atoms with Crippen molar-refractivity contribution in [2.24, 2.45) is 0 Å². The number of benzene rings is 1. The molecule has 126 valence electrons. The van der Waals surface area contributed by atoms with Gasteiger partial charge in [-0.2, -0.15) is 0 Å². The molecule has 0 atom stereocenters. The Kier molecular flexibility index (Phi) is 4.05. The minimum atomic E-state index is -1.42. The Morgan fingerprint density at radius 3 is 2.58 bits per heavy atom. The Morgan fingerprint density at radius 2 is 1.92 bits per heavy atom. The van der Waals surface area contributed by atoms with Crippen LogP contribution in [0, 0.1) is 0 Å². The maximum Gasteiger partial charge on any atom is 0.345 e. The van der Waals surface area contributed by atoms with Gasteiger partial charge in [-0.05, 0) is 43.4 Å². The molecule has 24 heavy (non-hydrogen) atoms. The number of H-pyrrole nitrogens is 1. The zero-order valence-electron chi connectivity index (χ0n) is 13.7. The predicted molar refractivity (Wildman–Crippen MR) is 92.1 cm³/mol. The minimum Gasteiger partial charge on any atom is -0.506 e. The number of anilines is 1. The van der Waals surface area contributed by atoms with Crippen LogP contribution in [0.3, 0.4) is 0 Å². The van der Waals surface area contributed by atoms with E-state index in [1.165, 1.54) is 0 Å². The van der Waals surface area contributed by atoms with Crippen molar-refractivity contribution in [2.45, 2.75) is 25.7 Å². The molecule has 0 bridgehead atoms. The van der Waals surface area contributed by atoms with Crippen molar-refractivity contribution in [1.82, 2.24) is 4.98 Å². The second kappa shape index (κ2) is 6.03. The summed E-state index contributed by atoms with van der Waals surface area (Å²) in [7, 11) is 3.93. The first kappa shape index (κ1) is 16.1. The van der Waals surface area contributed by atoms with Crippen molar-refractivity contribution in [3.05, 3.63) is 45.2 Å². The van der Waals surface area contributed by atoms with Gasteiger partial charge < -0.3 is 20.1 Å². The van der Waals surface area contributed by atoms with Gasteiger partial charge in [0.25, 0.3) is 5.56 Å². The van der Waals surface area contributed by atoms with E-state index in [2.05, 4.69) is 11.1 Å². The Bertz CT molecular complexity index is 868. The summed E-state index contributed by atoms with van der Waals surface area (Å²) in [6, 6.07) is 5.94. The van der Waals surface area contributed by atoms with Gasteiger partial charge in [-0.15, -0.1) is 0 Å². The Hall–Kier alpha value is -2.76. The zero-order valence-corrected chi connectivity index (χ0v) is 13.7. The van der Waals surface area contributed by atoms with Crippen LogP contribution in [0.25, 0.3) is 11.3 Å². The predicted octanol–water partition coefficient (Wildman–Crippen LogP) is 2.39. The molecule has 3 N–H and O–H groups in total. The largest absolute Gasteiger partial charge is 0.506 e. The van der Waals surface area contributed by atoms with Crippen molar-refractivity contribution < 1.29 is 15.0 Å². The number of carboxylic acids is 1. The number of carboxylic acid groups (broad SMARTS) is 1. The second-order valence-electron chi connectivity index (χ2n) is 6.28. The molecule has 1 aromatic carbocycles. The molecular weight excluding hydrogens is 308 g/mol. The van der Waals surface area contributed by atoms with Gasteiger partial charge in [-0.3, -0.25) is 4.79 Å². The number of hydrogen-bond acceptors (Lipinski definition) is 4. The molecule has 1 aliphatic carbocycles. The van der Waals surface area contributed by atoms with Crippen molar-refractivity contribution in [3.8, 4) is 17.0 Å². The number of fused-ring (bicyclic) bond motifs is 3. The van der Waals surface area contributed by atoms with Crippen LogP contribution < -0.4 is 10.5 Å². The van der Waals surface area contributed by atoms with E-state index in [0.29, 0.717) is 17.7 Å². The van der Waals surface area contributed by atoms with Crippen LogP contribution in [0.5, 0.6) is 5.75 Å². The molecule has 0 spiro atoms. The van der Waals surface area contributed by atoms with Crippen molar-refractivity contribution in [3.63, 3.8) is 0 Å². The van der Waals surface area contributed by atoms with E-state index in [9.17, 15) is 19.8 Å². The van der Waals surface area contributed by atoms with E-state index < -0.39 is 22.8 Å². The third-order valence-electron chi connectivity index (χ3n) is 4.50. The molecule has 0 saturated heterocycles. The molecule has 2 aromatic rings. The first-order chi connectivity index (χ1) is 11.4. The van der Waals surface area contributed by atoms with Crippen LogP contribution >= 0.6 is 0 Å². The number of nitrogens with zero attached hydrogens (tertiary/aromatic N) is 1. The van der Waals surface area contributed by atoms with Gasteiger partial charge in [0.15, 0.2) is 5.56 Å². The highest BCUT2D eigenvalue weighted by Crippen LogP contribution is 2.36. The minimum absolute atomic E-state index is 0.411. The number of rotatable bonds is 2. The molecular formula is C18H20N2O4. The lowest BCUT2D eigenvalue weighted by atomic mass is 9.89. The van der Waals surface area contributed by atoms with Crippen molar-refractivity contribution in [1.29, 1.82) is 0 Å². The van der Waals surface area contributed by atoms with Crippen LogP contribution in [0.2, 0.25) is 0 Å². The number of aromatic carboxylic acids is 1. The molecule has 1 heterocycles. The second-order valence-corrected chi connectivity index (χ2v) is 6.28. The first-order valence-corrected chi connectivity index (χ1v) is 7.92. The highest BCUT2D eigenvalue weighted by atomic mass is 16.4. The quantitative estimate of drug-likeness (QED) is 0.787. The lowest BCUT2D eigenvalue weighted by molar-refractivity contribution is 0.0691. The molecule has 1 aliphatic rings. The molecule has 0 saturated carbocycles. The van der Waals surface area contributed by atoms with Crippen LogP contribution in [0.15, 0.2) is 23.0 Å². The van der Waals surface area contributed by atoms with E-state index in [-0.39, 0.29) is 0 Å².